The van der Waals surface area contributed by atoms with E-state index in [1.54, 1.807) is 48.5 Å². The zero-order chi connectivity index (χ0) is 30.1. The number of benzene rings is 3. The van der Waals surface area contributed by atoms with Gasteiger partial charge in [-0.05, 0) is 91.2 Å². The van der Waals surface area contributed by atoms with E-state index in [0.717, 1.165) is 32.1 Å². The molecule has 1 unspecified atom stereocenters. The third-order valence-electron chi connectivity index (χ3n) is 6.80. The second-order valence-corrected chi connectivity index (χ2v) is 14.7. The number of thiophene rings is 1. The maximum atomic E-state index is 13.9. The lowest BCUT2D eigenvalue weighted by molar-refractivity contribution is 0.104. The molecule has 1 saturated heterocycles. The molecule has 4 aromatic rings. The summed E-state index contributed by atoms with van der Waals surface area (Å²) in [5.41, 5.74) is 1.57. The van der Waals surface area contributed by atoms with Gasteiger partial charge in [0.2, 0.25) is 0 Å². The number of rotatable bonds is 11. The van der Waals surface area contributed by atoms with Crippen LogP contribution in [-0.2, 0) is 20.2 Å². The highest BCUT2D eigenvalue weighted by Gasteiger charge is 2.23. The summed E-state index contributed by atoms with van der Waals surface area (Å²) in [6.45, 7) is 5.85. The van der Waals surface area contributed by atoms with Crippen LogP contribution in [0.25, 0.3) is 20.5 Å². The van der Waals surface area contributed by atoms with Crippen molar-refractivity contribution in [2.24, 2.45) is 5.92 Å². The SMILES string of the molecule is CC1CCN(CCOc2ccc(C(=O)c3c(-c4ccc(OS(C)(=O)=O)cc4)sc4cc(OS(C)(=O)=O)ccc34)cc2)C1. The average molecular weight is 630 g/mol. The Morgan fingerprint density at radius 2 is 1.50 bits per heavy atom. The molecule has 0 N–H and O–H groups in total. The minimum Gasteiger partial charge on any atom is -0.492 e. The maximum absolute atomic E-state index is 13.9. The van der Waals surface area contributed by atoms with E-state index in [2.05, 4.69) is 11.8 Å². The van der Waals surface area contributed by atoms with Crippen molar-refractivity contribution in [3.8, 4) is 27.7 Å². The lowest BCUT2D eigenvalue weighted by atomic mass is 9.97. The standard InChI is InChI=1S/C30H31NO8S3/c1-20-14-15-31(19-20)16-17-37-23-8-4-21(5-9-23)29(32)28-26-13-12-25(39-42(3,35)36)18-27(26)40-30(28)22-6-10-24(11-7-22)38-41(2,33)34/h4-13,18,20H,14-17,19H2,1-3H3. The van der Waals surface area contributed by atoms with Crippen molar-refractivity contribution in [1.29, 1.82) is 0 Å². The topological polar surface area (TPSA) is 116 Å². The number of fused-ring (bicyclic) bond motifs is 1. The summed E-state index contributed by atoms with van der Waals surface area (Å²) in [5, 5.41) is 0.637. The summed E-state index contributed by atoms with van der Waals surface area (Å²) in [6, 6.07) is 18.2. The van der Waals surface area contributed by atoms with Gasteiger partial charge in [0.25, 0.3) is 0 Å². The van der Waals surface area contributed by atoms with Crippen molar-refractivity contribution >= 4 is 47.4 Å². The number of carbonyl (C=O) groups excluding carboxylic acids is 1. The van der Waals surface area contributed by atoms with Gasteiger partial charge in [-0.1, -0.05) is 6.92 Å². The van der Waals surface area contributed by atoms with Gasteiger partial charge in [-0.3, -0.25) is 9.69 Å². The normalized spacial score (nSPS) is 16.0. The van der Waals surface area contributed by atoms with E-state index >= 15 is 0 Å². The Kier molecular flexibility index (Phi) is 8.61. The van der Waals surface area contributed by atoms with Crippen molar-refractivity contribution < 1.29 is 34.7 Å². The average Bonchev–Trinajstić information content (AvgIpc) is 3.50. The first kappa shape index (κ1) is 30.0. The fraction of sp³-hybridized carbons (Fsp3) is 0.300. The largest absolute Gasteiger partial charge is 0.492 e. The first-order chi connectivity index (χ1) is 19.8. The Labute approximate surface area is 249 Å². The van der Waals surface area contributed by atoms with Gasteiger partial charge in [0.15, 0.2) is 5.78 Å². The Hall–Kier alpha value is -3.45. The fourth-order valence-corrected chi connectivity index (χ4v) is 7.09. The van der Waals surface area contributed by atoms with Gasteiger partial charge in [-0.15, -0.1) is 11.3 Å². The summed E-state index contributed by atoms with van der Waals surface area (Å²) in [5.74, 6) is 1.46. The Morgan fingerprint density at radius 3 is 2.12 bits per heavy atom. The van der Waals surface area contributed by atoms with Crippen LogP contribution in [0, 0.1) is 5.92 Å². The van der Waals surface area contributed by atoms with Gasteiger partial charge in [-0.2, -0.15) is 16.8 Å². The molecule has 3 aromatic carbocycles. The van der Waals surface area contributed by atoms with Crippen molar-refractivity contribution in [2.45, 2.75) is 13.3 Å². The Bertz CT molecular complexity index is 1810. The van der Waals surface area contributed by atoms with E-state index < -0.39 is 20.2 Å². The summed E-state index contributed by atoms with van der Waals surface area (Å²) in [6.07, 6.45) is 3.14. The lowest BCUT2D eigenvalue weighted by Crippen LogP contribution is -2.25. The maximum Gasteiger partial charge on any atom is 0.306 e. The number of nitrogens with zero attached hydrogens (tertiary/aromatic N) is 1. The minimum atomic E-state index is -3.74. The molecule has 1 aromatic heterocycles. The van der Waals surface area contributed by atoms with E-state index in [0.29, 0.717) is 49.9 Å². The van der Waals surface area contributed by atoms with Gasteiger partial charge >= 0.3 is 20.2 Å². The fourth-order valence-electron chi connectivity index (χ4n) is 4.94. The van der Waals surface area contributed by atoms with Crippen LogP contribution in [-0.4, -0.2) is 66.3 Å². The zero-order valence-corrected chi connectivity index (χ0v) is 25.9. The highest BCUT2D eigenvalue weighted by Crippen LogP contribution is 2.42. The number of hydrogen-bond acceptors (Lipinski definition) is 10. The van der Waals surface area contributed by atoms with Crippen molar-refractivity contribution in [1.82, 2.24) is 4.90 Å². The molecule has 0 radical (unpaired) electrons. The Balaban J connectivity index is 1.44. The first-order valence-corrected chi connectivity index (χ1v) is 17.8. The monoisotopic (exact) mass is 629 g/mol. The third-order valence-corrected chi connectivity index (χ3v) is 8.99. The second-order valence-electron chi connectivity index (χ2n) is 10.5. The lowest BCUT2D eigenvalue weighted by Gasteiger charge is -2.15. The molecule has 9 nitrogen and oxygen atoms in total. The number of carbonyl (C=O) groups is 1. The van der Waals surface area contributed by atoms with Crippen LogP contribution in [0.4, 0.5) is 0 Å². The molecule has 12 heteroatoms. The molecule has 0 spiro atoms. The first-order valence-electron chi connectivity index (χ1n) is 13.3. The van der Waals surface area contributed by atoms with Crippen LogP contribution >= 0.6 is 11.3 Å². The predicted octanol–water partition coefficient (Wildman–Crippen LogP) is 5.20. The summed E-state index contributed by atoms with van der Waals surface area (Å²) < 4.78 is 63.0. The van der Waals surface area contributed by atoms with Gasteiger partial charge in [0.05, 0.1) is 12.5 Å². The molecule has 2 heterocycles. The third kappa shape index (κ3) is 7.49. The van der Waals surface area contributed by atoms with Crippen molar-refractivity contribution in [3.05, 3.63) is 77.9 Å². The highest BCUT2D eigenvalue weighted by molar-refractivity contribution is 7.86. The molecule has 0 bridgehead atoms. The number of ether oxygens (including phenoxy) is 1. The molecular weight excluding hydrogens is 599 g/mol. The second kappa shape index (κ2) is 12.0. The number of ketones is 1. The quantitative estimate of drug-likeness (QED) is 0.163. The molecule has 1 aliphatic heterocycles. The molecule has 1 aliphatic rings. The van der Waals surface area contributed by atoms with Crippen molar-refractivity contribution in [2.75, 3.05) is 38.8 Å². The minimum absolute atomic E-state index is 0.138. The van der Waals surface area contributed by atoms with Gasteiger partial charge in [0, 0.05) is 39.2 Å². The molecular formula is C30H31NO8S3. The molecule has 42 heavy (non-hydrogen) atoms. The smallest absolute Gasteiger partial charge is 0.306 e. The predicted molar refractivity (Wildman–Crippen MR) is 164 cm³/mol. The molecule has 0 aliphatic carbocycles. The molecule has 0 saturated carbocycles. The van der Waals surface area contributed by atoms with Gasteiger partial charge in [-0.25, -0.2) is 0 Å². The van der Waals surface area contributed by atoms with E-state index in [9.17, 15) is 21.6 Å². The van der Waals surface area contributed by atoms with E-state index in [-0.39, 0.29) is 17.3 Å². The highest BCUT2D eigenvalue weighted by atomic mass is 32.2. The van der Waals surface area contributed by atoms with Gasteiger partial charge < -0.3 is 13.1 Å². The molecule has 5 rings (SSSR count). The van der Waals surface area contributed by atoms with Crippen LogP contribution in [0.1, 0.15) is 29.3 Å². The Morgan fingerprint density at radius 1 is 0.881 bits per heavy atom. The summed E-state index contributed by atoms with van der Waals surface area (Å²) >= 11 is 1.30. The van der Waals surface area contributed by atoms with E-state index in [4.69, 9.17) is 13.1 Å². The van der Waals surface area contributed by atoms with Crippen LogP contribution in [0.3, 0.4) is 0 Å². The molecule has 0 amide bonds. The van der Waals surface area contributed by atoms with E-state index in [1.807, 2.05) is 0 Å². The van der Waals surface area contributed by atoms with Gasteiger partial charge in [0.1, 0.15) is 23.9 Å². The van der Waals surface area contributed by atoms with Crippen LogP contribution in [0.15, 0.2) is 66.7 Å². The van der Waals surface area contributed by atoms with E-state index in [1.165, 1.54) is 36.0 Å². The zero-order valence-electron chi connectivity index (χ0n) is 23.4. The summed E-state index contributed by atoms with van der Waals surface area (Å²) in [4.78, 5) is 17.0. The van der Waals surface area contributed by atoms with Crippen LogP contribution in [0.5, 0.6) is 17.2 Å². The molecule has 1 atom stereocenters. The molecule has 1 fully saturated rings. The van der Waals surface area contributed by atoms with Crippen LogP contribution in [0.2, 0.25) is 0 Å². The molecule has 222 valence electrons. The van der Waals surface area contributed by atoms with Crippen LogP contribution < -0.4 is 13.1 Å². The number of hydrogen-bond donors (Lipinski definition) is 0. The summed E-state index contributed by atoms with van der Waals surface area (Å²) in [7, 11) is -7.43. The van der Waals surface area contributed by atoms with Crippen molar-refractivity contribution in [3.63, 3.8) is 0 Å². The number of likely N-dealkylation sites (tertiary alicyclic amines) is 1.